The highest BCUT2D eigenvalue weighted by Gasteiger charge is 2.09. The number of carbonyl (C=O) groups is 1. The van der Waals surface area contributed by atoms with Crippen molar-refractivity contribution in [3.8, 4) is 0 Å². The minimum Gasteiger partial charge on any atom is -0.397 e. The molecule has 2 aromatic rings. The maximum absolute atomic E-state index is 13.3. The van der Waals surface area contributed by atoms with Crippen molar-refractivity contribution in [1.29, 1.82) is 0 Å². The van der Waals surface area contributed by atoms with E-state index in [4.69, 9.17) is 5.73 Å². The van der Waals surface area contributed by atoms with Crippen LogP contribution in [-0.4, -0.2) is 12.5 Å². The van der Waals surface area contributed by atoms with Crippen LogP contribution in [0, 0.1) is 12.7 Å². The van der Waals surface area contributed by atoms with Crippen LogP contribution in [0.3, 0.4) is 0 Å². The van der Waals surface area contributed by atoms with Gasteiger partial charge in [-0.1, -0.05) is 6.07 Å². The molecule has 5 heteroatoms. The van der Waals surface area contributed by atoms with E-state index in [0.29, 0.717) is 29.2 Å². The van der Waals surface area contributed by atoms with E-state index in [-0.39, 0.29) is 11.7 Å². The Bertz CT molecular complexity index is 671. The first-order chi connectivity index (χ1) is 10.0. The summed E-state index contributed by atoms with van der Waals surface area (Å²) in [6.45, 7) is 4.27. The molecule has 0 aliphatic heterocycles. The molecule has 0 bridgehead atoms. The number of halogens is 1. The van der Waals surface area contributed by atoms with Gasteiger partial charge in [0.1, 0.15) is 5.82 Å². The number of nitrogen functional groups attached to an aromatic ring is 1. The molecule has 0 saturated carbocycles. The maximum Gasteiger partial charge on any atom is 0.251 e. The van der Waals surface area contributed by atoms with E-state index in [2.05, 4.69) is 10.6 Å². The zero-order chi connectivity index (χ0) is 15.4. The Morgan fingerprint density at radius 1 is 1.19 bits per heavy atom. The van der Waals surface area contributed by atoms with Gasteiger partial charge in [0.15, 0.2) is 0 Å². The second-order valence-electron chi connectivity index (χ2n) is 4.75. The fourth-order valence-corrected chi connectivity index (χ4v) is 1.94. The van der Waals surface area contributed by atoms with Gasteiger partial charge in [-0.05, 0) is 49.7 Å². The standard InChI is InChI=1S/C16H18FN3O/c1-3-19-16(21)11-5-7-13(18)15(8-11)20-14-9-12(17)6-4-10(14)2/h4-9,20H,3,18H2,1-2H3,(H,19,21). The minimum atomic E-state index is -0.332. The molecule has 1 amide bonds. The van der Waals surface area contributed by atoms with Gasteiger partial charge in [0.2, 0.25) is 0 Å². The predicted octanol–water partition coefficient (Wildman–Crippen LogP) is 3.21. The van der Waals surface area contributed by atoms with E-state index in [9.17, 15) is 9.18 Å². The third kappa shape index (κ3) is 3.51. The summed E-state index contributed by atoms with van der Waals surface area (Å²) in [5.74, 6) is -0.502. The summed E-state index contributed by atoms with van der Waals surface area (Å²) in [5.41, 5.74) is 8.99. The second kappa shape index (κ2) is 6.26. The van der Waals surface area contributed by atoms with Crippen LogP contribution in [0.4, 0.5) is 21.5 Å². The average Bonchev–Trinajstić information content (AvgIpc) is 2.45. The first kappa shape index (κ1) is 14.8. The maximum atomic E-state index is 13.3. The number of rotatable bonds is 4. The number of amides is 1. The largest absolute Gasteiger partial charge is 0.397 e. The zero-order valence-corrected chi connectivity index (χ0v) is 12.0. The first-order valence-corrected chi connectivity index (χ1v) is 6.72. The molecule has 0 spiro atoms. The van der Waals surface area contributed by atoms with E-state index >= 15 is 0 Å². The van der Waals surface area contributed by atoms with Crippen LogP contribution in [-0.2, 0) is 0 Å². The SMILES string of the molecule is CCNC(=O)c1ccc(N)c(Nc2cc(F)ccc2C)c1. The third-order valence-electron chi connectivity index (χ3n) is 3.12. The van der Waals surface area contributed by atoms with Crippen molar-refractivity contribution in [3.63, 3.8) is 0 Å². The molecule has 4 nitrogen and oxygen atoms in total. The number of hydrogen-bond donors (Lipinski definition) is 3. The number of carbonyl (C=O) groups excluding carboxylic acids is 1. The lowest BCUT2D eigenvalue weighted by molar-refractivity contribution is 0.0956. The molecule has 21 heavy (non-hydrogen) atoms. The molecule has 2 aromatic carbocycles. The average molecular weight is 287 g/mol. The fourth-order valence-electron chi connectivity index (χ4n) is 1.94. The molecule has 110 valence electrons. The van der Waals surface area contributed by atoms with Gasteiger partial charge in [0.25, 0.3) is 5.91 Å². The summed E-state index contributed by atoms with van der Waals surface area (Å²) in [5, 5.41) is 5.80. The van der Waals surface area contributed by atoms with Crippen molar-refractivity contribution in [2.45, 2.75) is 13.8 Å². The highest BCUT2D eigenvalue weighted by molar-refractivity contribution is 5.96. The lowest BCUT2D eigenvalue weighted by Crippen LogP contribution is -2.22. The van der Waals surface area contributed by atoms with Gasteiger partial charge >= 0.3 is 0 Å². The molecule has 0 radical (unpaired) electrons. The van der Waals surface area contributed by atoms with Crippen molar-refractivity contribution in [2.24, 2.45) is 0 Å². The summed E-state index contributed by atoms with van der Waals surface area (Å²) in [7, 11) is 0. The van der Waals surface area contributed by atoms with Crippen molar-refractivity contribution in [1.82, 2.24) is 5.32 Å². The van der Waals surface area contributed by atoms with Crippen LogP contribution >= 0.6 is 0 Å². The number of nitrogens with two attached hydrogens (primary N) is 1. The molecule has 4 N–H and O–H groups in total. The molecule has 0 aromatic heterocycles. The molecule has 0 heterocycles. The Morgan fingerprint density at radius 3 is 2.67 bits per heavy atom. The van der Waals surface area contributed by atoms with E-state index in [1.165, 1.54) is 12.1 Å². The molecule has 0 atom stereocenters. The Morgan fingerprint density at radius 2 is 1.95 bits per heavy atom. The van der Waals surface area contributed by atoms with Crippen LogP contribution in [0.5, 0.6) is 0 Å². The summed E-state index contributed by atoms with van der Waals surface area (Å²) in [6.07, 6.45) is 0. The van der Waals surface area contributed by atoms with Crippen LogP contribution in [0.1, 0.15) is 22.8 Å². The van der Waals surface area contributed by atoms with Crippen molar-refractivity contribution < 1.29 is 9.18 Å². The van der Waals surface area contributed by atoms with Crippen LogP contribution in [0.15, 0.2) is 36.4 Å². The van der Waals surface area contributed by atoms with Gasteiger partial charge in [0.05, 0.1) is 11.4 Å². The predicted molar refractivity (Wildman–Crippen MR) is 83.3 cm³/mol. The smallest absolute Gasteiger partial charge is 0.251 e. The highest BCUT2D eigenvalue weighted by atomic mass is 19.1. The molecule has 2 rings (SSSR count). The third-order valence-corrected chi connectivity index (χ3v) is 3.12. The van der Waals surface area contributed by atoms with E-state index < -0.39 is 0 Å². The number of anilines is 3. The highest BCUT2D eigenvalue weighted by Crippen LogP contribution is 2.27. The van der Waals surface area contributed by atoms with E-state index in [1.807, 2.05) is 13.8 Å². The summed E-state index contributed by atoms with van der Waals surface area (Å²) < 4.78 is 13.3. The Balaban J connectivity index is 2.33. The van der Waals surface area contributed by atoms with Crippen molar-refractivity contribution in [3.05, 3.63) is 53.3 Å². The first-order valence-electron chi connectivity index (χ1n) is 6.72. The Labute approximate surface area is 123 Å². The number of nitrogens with one attached hydrogen (secondary N) is 2. The molecule has 0 unspecified atom stereocenters. The Hall–Kier alpha value is -2.56. The zero-order valence-electron chi connectivity index (χ0n) is 12.0. The molecule has 0 aliphatic carbocycles. The van der Waals surface area contributed by atoms with E-state index in [0.717, 1.165) is 5.56 Å². The second-order valence-corrected chi connectivity index (χ2v) is 4.75. The molecule has 0 fully saturated rings. The summed E-state index contributed by atoms with van der Waals surface area (Å²) in [4.78, 5) is 11.8. The van der Waals surface area contributed by atoms with Crippen molar-refractivity contribution in [2.75, 3.05) is 17.6 Å². The lowest BCUT2D eigenvalue weighted by atomic mass is 10.1. The van der Waals surface area contributed by atoms with Crippen LogP contribution in [0.2, 0.25) is 0 Å². The number of hydrogen-bond acceptors (Lipinski definition) is 3. The van der Waals surface area contributed by atoms with Gasteiger partial charge in [-0.15, -0.1) is 0 Å². The quantitative estimate of drug-likeness (QED) is 0.756. The molecular weight excluding hydrogens is 269 g/mol. The van der Waals surface area contributed by atoms with Gasteiger partial charge in [-0.2, -0.15) is 0 Å². The van der Waals surface area contributed by atoms with E-state index in [1.54, 1.807) is 24.3 Å². The van der Waals surface area contributed by atoms with Crippen LogP contribution < -0.4 is 16.4 Å². The lowest BCUT2D eigenvalue weighted by Gasteiger charge is -2.13. The molecular formula is C16H18FN3O. The topological polar surface area (TPSA) is 67.2 Å². The van der Waals surface area contributed by atoms with Crippen molar-refractivity contribution >= 4 is 23.0 Å². The fraction of sp³-hybridized carbons (Fsp3) is 0.188. The summed E-state index contributed by atoms with van der Waals surface area (Å²) >= 11 is 0. The number of aryl methyl sites for hydroxylation is 1. The van der Waals surface area contributed by atoms with Gasteiger partial charge < -0.3 is 16.4 Å². The van der Waals surface area contributed by atoms with Crippen LogP contribution in [0.25, 0.3) is 0 Å². The monoisotopic (exact) mass is 287 g/mol. The summed E-state index contributed by atoms with van der Waals surface area (Å²) in [6, 6.07) is 9.44. The normalized spacial score (nSPS) is 10.2. The van der Waals surface area contributed by atoms with Gasteiger partial charge in [0, 0.05) is 17.8 Å². The molecule has 0 saturated heterocycles. The minimum absolute atomic E-state index is 0.170. The Kier molecular flexibility index (Phi) is 4.42. The van der Waals surface area contributed by atoms with Gasteiger partial charge in [-0.25, -0.2) is 4.39 Å². The van der Waals surface area contributed by atoms with Gasteiger partial charge in [-0.3, -0.25) is 4.79 Å². The number of benzene rings is 2. The molecule has 0 aliphatic rings.